The van der Waals surface area contributed by atoms with E-state index in [1.807, 2.05) is 13.8 Å². The average Bonchev–Trinajstić information content (AvgIpc) is 3.31. The van der Waals surface area contributed by atoms with Crippen molar-refractivity contribution >= 4 is 21.8 Å². The molecule has 0 aliphatic carbocycles. The lowest BCUT2D eigenvalue weighted by Gasteiger charge is -2.03. The summed E-state index contributed by atoms with van der Waals surface area (Å²) < 4.78 is 30.8. The molecule has 0 aliphatic heterocycles. The molecule has 0 fully saturated rings. The minimum absolute atomic E-state index is 0.0235. The number of carbonyl (C=O) groups is 1. The van der Waals surface area contributed by atoms with E-state index in [1.54, 1.807) is 36.0 Å². The SMILES string of the molecule is CCS(=O)(=O)c1ccc(-c2nnc(NC(=O)c3ccn(C(C)C)n3)o2)cc1. The molecule has 0 saturated carbocycles. The maximum Gasteiger partial charge on any atom is 0.322 e. The van der Waals surface area contributed by atoms with Gasteiger partial charge in [0, 0.05) is 17.8 Å². The van der Waals surface area contributed by atoms with E-state index in [1.165, 1.54) is 12.1 Å². The van der Waals surface area contributed by atoms with E-state index in [-0.39, 0.29) is 34.3 Å². The Balaban J connectivity index is 1.73. The number of benzene rings is 1. The summed E-state index contributed by atoms with van der Waals surface area (Å²) in [6.45, 7) is 5.49. The maximum absolute atomic E-state index is 12.2. The average molecular weight is 389 g/mol. The minimum atomic E-state index is -3.28. The van der Waals surface area contributed by atoms with Crippen molar-refractivity contribution < 1.29 is 17.6 Å². The molecule has 142 valence electrons. The van der Waals surface area contributed by atoms with E-state index in [0.29, 0.717) is 5.56 Å². The molecule has 1 N–H and O–H groups in total. The summed E-state index contributed by atoms with van der Waals surface area (Å²) in [4.78, 5) is 12.4. The van der Waals surface area contributed by atoms with Gasteiger partial charge in [-0.3, -0.25) is 14.8 Å². The van der Waals surface area contributed by atoms with Crippen LogP contribution in [0, 0.1) is 0 Å². The Morgan fingerprint density at radius 1 is 1.19 bits per heavy atom. The van der Waals surface area contributed by atoms with E-state index in [2.05, 4.69) is 20.6 Å². The number of carbonyl (C=O) groups excluding carboxylic acids is 1. The van der Waals surface area contributed by atoms with Gasteiger partial charge < -0.3 is 4.42 Å². The topological polar surface area (TPSA) is 120 Å². The van der Waals surface area contributed by atoms with Crippen LogP contribution in [0.25, 0.3) is 11.5 Å². The zero-order valence-corrected chi connectivity index (χ0v) is 15.9. The van der Waals surface area contributed by atoms with Crippen molar-refractivity contribution in [3.63, 3.8) is 0 Å². The summed E-state index contributed by atoms with van der Waals surface area (Å²) in [6, 6.07) is 7.78. The molecule has 2 heterocycles. The first kappa shape index (κ1) is 18.8. The summed E-state index contributed by atoms with van der Waals surface area (Å²) in [5.41, 5.74) is 0.778. The number of aromatic nitrogens is 4. The van der Waals surface area contributed by atoms with Crippen molar-refractivity contribution in [2.45, 2.75) is 31.7 Å². The van der Waals surface area contributed by atoms with Gasteiger partial charge >= 0.3 is 6.01 Å². The predicted octanol–water partition coefficient (Wildman–Crippen LogP) is 2.56. The van der Waals surface area contributed by atoms with Gasteiger partial charge in [-0.1, -0.05) is 12.0 Å². The number of rotatable bonds is 6. The third-order valence-electron chi connectivity index (χ3n) is 3.86. The second kappa shape index (κ2) is 7.31. The molecule has 27 heavy (non-hydrogen) atoms. The van der Waals surface area contributed by atoms with Gasteiger partial charge in [0.2, 0.25) is 5.89 Å². The van der Waals surface area contributed by atoms with Crippen LogP contribution in [0.15, 0.2) is 45.8 Å². The molecule has 10 heteroatoms. The van der Waals surface area contributed by atoms with E-state index >= 15 is 0 Å². The molecule has 0 saturated heterocycles. The van der Waals surface area contributed by atoms with Crippen LogP contribution in [-0.4, -0.2) is 40.1 Å². The van der Waals surface area contributed by atoms with Gasteiger partial charge in [0.05, 0.1) is 10.6 Å². The minimum Gasteiger partial charge on any atom is -0.403 e. The molecule has 1 aromatic carbocycles. The molecule has 3 aromatic rings. The first-order chi connectivity index (χ1) is 12.8. The molecule has 0 aliphatic rings. The van der Waals surface area contributed by atoms with Crippen molar-refractivity contribution in [3.05, 3.63) is 42.2 Å². The Morgan fingerprint density at radius 3 is 2.48 bits per heavy atom. The van der Waals surface area contributed by atoms with E-state index in [4.69, 9.17) is 4.42 Å². The van der Waals surface area contributed by atoms with Crippen LogP contribution < -0.4 is 5.32 Å². The highest BCUT2D eigenvalue weighted by molar-refractivity contribution is 7.91. The van der Waals surface area contributed by atoms with E-state index in [0.717, 1.165) is 0 Å². The van der Waals surface area contributed by atoms with Gasteiger partial charge in [-0.05, 0) is 44.2 Å². The van der Waals surface area contributed by atoms with Crippen molar-refractivity contribution in [2.24, 2.45) is 0 Å². The number of hydrogen-bond acceptors (Lipinski definition) is 7. The Labute approximate surface area is 156 Å². The summed E-state index contributed by atoms with van der Waals surface area (Å²) in [7, 11) is -3.28. The molecule has 2 aromatic heterocycles. The molecular weight excluding hydrogens is 370 g/mol. The zero-order valence-electron chi connectivity index (χ0n) is 15.1. The molecule has 0 radical (unpaired) electrons. The van der Waals surface area contributed by atoms with Crippen LogP contribution >= 0.6 is 0 Å². The van der Waals surface area contributed by atoms with Crippen LogP contribution in [0.3, 0.4) is 0 Å². The molecule has 0 spiro atoms. The van der Waals surface area contributed by atoms with E-state index in [9.17, 15) is 13.2 Å². The smallest absolute Gasteiger partial charge is 0.322 e. The molecule has 1 amide bonds. The third kappa shape index (κ3) is 4.05. The molecule has 0 bridgehead atoms. The number of anilines is 1. The van der Waals surface area contributed by atoms with Crippen molar-refractivity contribution in [1.29, 1.82) is 0 Å². The summed E-state index contributed by atoms with van der Waals surface area (Å²) in [5.74, 6) is -0.275. The number of sulfone groups is 1. The Kier molecular flexibility index (Phi) is 5.08. The monoisotopic (exact) mass is 389 g/mol. The summed E-state index contributed by atoms with van der Waals surface area (Å²) >= 11 is 0. The van der Waals surface area contributed by atoms with Crippen molar-refractivity contribution in [2.75, 3.05) is 11.1 Å². The fourth-order valence-corrected chi connectivity index (χ4v) is 3.15. The lowest BCUT2D eigenvalue weighted by molar-refractivity contribution is 0.101. The fraction of sp³-hybridized carbons (Fsp3) is 0.294. The van der Waals surface area contributed by atoms with Crippen molar-refractivity contribution in [1.82, 2.24) is 20.0 Å². The molecule has 9 nitrogen and oxygen atoms in total. The zero-order chi connectivity index (χ0) is 19.6. The van der Waals surface area contributed by atoms with Crippen LogP contribution in [-0.2, 0) is 9.84 Å². The molecule has 3 rings (SSSR count). The van der Waals surface area contributed by atoms with E-state index < -0.39 is 15.7 Å². The van der Waals surface area contributed by atoms with Crippen LogP contribution in [0.4, 0.5) is 6.01 Å². The first-order valence-electron chi connectivity index (χ1n) is 8.33. The fourth-order valence-electron chi connectivity index (χ4n) is 2.27. The van der Waals surface area contributed by atoms with Crippen LogP contribution in [0.2, 0.25) is 0 Å². The largest absolute Gasteiger partial charge is 0.403 e. The van der Waals surface area contributed by atoms with Gasteiger partial charge in [-0.15, -0.1) is 5.10 Å². The quantitative estimate of drug-likeness (QED) is 0.688. The number of hydrogen-bond donors (Lipinski definition) is 1. The highest BCUT2D eigenvalue weighted by atomic mass is 32.2. The standard InChI is InChI=1S/C17H19N5O4S/c1-4-27(24,25)13-7-5-12(6-8-13)16-19-20-17(26-16)18-15(23)14-9-10-22(21-14)11(2)3/h5-11H,4H2,1-3H3,(H,18,20,23). The summed E-state index contributed by atoms with van der Waals surface area (Å²) in [6.07, 6.45) is 1.71. The third-order valence-corrected chi connectivity index (χ3v) is 5.61. The highest BCUT2D eigenvalue weighted by Crippen LogP contribution is 2.22. The predicted molar refractivity (Wildman–Crippen MR) is 98.0 cm³/mol. The second-order valence-electron chi connectivity index (χ2n) is 6.07. The Hall–Kier alpha value is -3.01. The van der Waals surface area contributed by atoms with Crippen LogP contribution in [0.5, 0.6) is 0 Å². The first-order valence-corrected chi connectivity index (χ1v) is 9.98. The van der Waals surface area contributed by atoms with Gasteiger partial charge in [0.25, 0.3) is 5.91 Å². The van der Waals surface area contributed by atoms with Gasteiger partial charge in [-0.2, -0.15) is 5.10 Å². The lowest BCUT2D eigenvalue weighted by Crippen LogP contribution is -2.14. The molecular formula is C17H19N5O4S. The summed E-state index contributed by atoms with van der Waals surface area (Å²) in [5, 5.41) is 14.3. The van der Waals surface area contributed by atoms with Gasteiger partial charge in [0.15, 0.2) is 15.5 Å². The maximum atomic E-state index is 12.2. The normalized spacial score (nSPS) is 11.7. The Morgan fingerprint density at radius 2 is 1.89 bits per heavy atom. The Bertz CT molecular complexity index is 1050. The van der Waals surface area contributed by atoms with Gasteiger partial charge in [0.1, 0.15) is 0 Å². The highest BCUT2D eigenvalue weighted by Gasteiger charge is 2.16. The van der Waals surface area contributed by atoms with Crippen molar-refractivity contribution in [3.8, 4) is 11.5 Å². The van der Waals surface area contributed by atoms with Gasteiger partial charge in [-0.25, -0.2) is 8.42 Å². The number of nitrogens with zero attached hydrogens (tertiary/aromatic N) is 4. The van der Waals surface area contributed by atoms with Crippen LogP contribution in [0.1, 0.15) is 37.3 Å². The number of nitrogens with one attached hydrogen (secondary N) is 1. The molecule has 0 unspecified atom stereocenters. The second-order valence-corrected chi connectivity index (χ2v) is 8.35. The molecule has 0 atom stereocenters. The lowest BCUT2D eigenvalue weighted by atomic mass is 10.2. The number of amides is 1.